The quantitative estimate of drug-likeness (QED) is 0.104. The van der Waals surface area contributed by atoms with Gasteiger partial charge >= 0.3 is 0 Å². The number of ether oxygens (including phenoxy) is 5. The fraction of sp³-hybridized carbons (Fsp3) is 0.472. The number of carbonyl (C=O) groups excluding carboxylic acids is 1. The Morgan fingerprint density at radius 3 is 2.48 bits per heavy atom. The van der Waals surface area contributed by atoms with Crippen LogP contribution in [-0.4, -0.2) is 73.5 Å². The van der Waals surface area contributed by atoms with Crippen molar-refractivity contribution in [1.82, 2.24) is 0 Å². The summed E-state index contributed by atoms with van der Waals surface area (Å²) < 4.78 is 44.4. The summed E-state index contributed by atoms with van der Waals surface area (Å²) in [6, 6.07) is 21.4. The normalized spacial score (nSPS) is 31.2. The van der Waals surface area contributed by atoms with E-state index in [-0.39, 0.29) is 24.7 Å². The lowest BCUT2D eigenvalue weighted by molar-refractivity contribution is -0.248. The number of thiol groups is 1. The lowest BCUT2D eigenvalue weighted by atomic mass is 9.55. The van der Waals surface area contributed by atoms with Crippen LogP contribution in [0.4, 0.5) is 0 Å². The highest BCUT2D eigenvalue weighted by Gasteiger charge is 2.80. The maximum absolute atomic E-state index is 14.6. The van der Waals surface area contributed by atoms with E-state index >= 15 is 0 Å². The lowest BCUT2D eigenvalue weighted by Crippen LogP contribution is -2.54. The zero-order valence-corrected chi connectivity index (χ0v) is 33.3. The predicted octanol–water partition coefficient (Wildman–Crippen LogP) is 6.18. The molecule has 0 aromatic heterocycles. The third-order valence-corrected chi connectivity index (χ3v) is 11.9. The molecule has 267 valence electrons. The maximum atomic E-state index is 14.6. The van der Waals surface area contributed by atoms with E-state index in [9.17, 15) is 15.0 Å². The van der Waals surface area contributed by atoms with E-state index in [4.69, 9.17) is 29.8 Å². The van der Waals surface area contributed by atoms with E-state index in [1.165, 1.54) is 0 Å². The van der Waals surface area contributed by atoms with E-state index < -0.39 is 53.1 Å². The summed E-state index contributed by atoms with van der Waals surface area (Å²) in [5, 5.41) is 19.9. The molecule has 1 radical (unpaired) electrons. The van der Waals surface area contributed by atoms with Gasteiger partial charge in [0.2, 0.25) is 13.6 Å². The Kier molecular flexibility index (Phi) is 11.7. The standard InChI is InChI=1S/C36H40BI2O10S/c1-5-21(3)37-33(42)29-30(22-9-7-6-8-10-22)35(23-13-11-20(2)12-14-23)36(49-39,32(29)48-38)31-25(43-4)15-24(16-26(31)46-35)45-28-18-44-19-34(50,47-28)27(41)17-40/h6-16,21,27-30,32,40-41,50H,5,17-19H2,1-4H3/t21?,27?,28?,29?,30-,32?,34?,35+,36+/m1/s1. The summed E-state index contributed by atoms with van der Waals surface area (Å²) in [4.78, 5) is 13.1. The molecule has 1 saturated carbocycles. The number of rotatable bonds is 13. The van der Waals surface area contributed by atoms with Crippen molar-refractivity contribution in [3.05, 3.63) is 89.0 Å². The molecule has 14 heteroatoms. The van der Waals surface area contributed by atoms with Crippen molar-refractivity contribution in [3.63, 3.8) is 0 Å². The molecule has 2 heterocycles. The van der Waals surface area contributed by atoms with Gasteiger partial charge in [-0.05, 0) is 18.1 Å². The molecular weight excluding hydrogens is 889 g/mol. The first-order valence-corrected chi connectivity index (χ1v) is 18.7. The monoisotopic (exact) mass is 929 g/mol. The third-order valence-electron chi connectivity index (χ3n) is 10.1. The summed E-state index contributed by atoms with van der Waals surface area (Å²) in [6.45, 7) is 5.54. The zero-order chi connectivity index (χ0) is 35.8. The molecule has 50 heavy (non-hydrogen) atoms. The van der Waals surface area contributed by atoms with Crippen LogP contribution in [0.5, 0.6) is 17.2 Å². The molecule has 2 N–H and O–H groups in total. The van der Waals surface area contributed by atoms with Crippen molar-refractivity contribution < 1.29 is 44.8 Å². The average molecular weight is 929 g/mol. The first-order valence-electron chi connectivity index (χ1n) is 16.5. The number of halogens is 2. The number of aliphatic hydroxyl groups is 2. The second-order valence-electron chi connectivity index (χ2n) is 13.1. The van der Waals surface area contributed by atoms with Gasteiger partial charge in [-0.25, -0.2) is 0 Å². The number of hydrogen-bond donors (Lipinski definition) is 3. The molecule has 9 atom stereocenters. The Balaban J connectivity index is 1.57. The summed E-state index contributed by atoms with van der Waals surface area (Å²) in [6.07, 6.45) is -2.31. The van der Waals surface area contributed by atoms with Crippen molar-refractivity contribution in [2.24, 2.45) is 5.92 Å². The van der Waals surface area contributed by atoms with Crippen LogP contribution in [0.15, 0.2) is 66.7 Å². The van der Waals surface area contributed by atoms with E-state index in [0.29, 0.717) is 22.8 Å². The van der Waals surface area contributed by atoms with Crippen LogP contribution in [0.2, 0.25) is 5.82 Å². The molecule has 3 aliphatic rings. The molecular formula is C36H40BI2O10S. The van der Waals surface area contributed by atoms with Crippen molar-refractivity contribution in [2.75, 3.05) is 26.9 Å². The molecule has 1 aliphatic carbocycles. The second kappa shape index (κ2) is 15.4. The number of benzene rings is 3. The van der Waals surface area contributed by atoms with Gasteiger partial charge in [-0.1, -0.05) is 86.2 Å². The van der Waals surface area contributed by atoms with Gasteiger partial charge in [0.15, 0.2) is 16.1 Å². The van der Waals surface area contributed by atoms with Crippen LogP contribution < -0.4 is 14.2 Å². The Hall–Kier alpha value is -1.64. The minimum absolute atomic E-state index is 0.0453. The predicted molar refractivity (Wildman–Crippen MR) is 206 cm³/mol. The van der Waals surface area contributed by atoms with Gasteiger partial charge in [0, 0.05) is 24.0 Å². The van der Waals surface area contributed by atoms with E-state index in [1.807, 2.05) is 114 Å². The summed E-state index contributed by atoms with van der Waals surface area (Å²) in [5.74, 6) is -0.107. The van der Waals surface area contributed by atoms with Crippen molar-refractivity contribution >= 4 is 71.6 Å². The lowest BCUT2D eigenvalue weighted by Gasteiger charge is -2.42. The maximum Gasteiger partial charge on any atom is 0.225 e. The fourth-order valence-electron chi connectivity index (χ4n) is 7.57. The summed E-state index contributed by atoms with van der Waals surface area (Å²) in [7, 11) is 3.34. The van der Waals surface area contributed by atoms with Crippen LogP contribution in [0.3, 0.4) is 0 Å². The Morgan fingerprint density at radius 2 is 1.86 bits per heavy atom. The molecule has 0 amide bonds. The van der Waals surface area contributed by atoms with Crippen molar-refractivity contribution in [2.45, 2.75) is 73.6 Å². The highest BCUT2D eigenvalue weighted by atomic mass is 127. The number of aliphatic hydroxyl groups excluding tert-OH is 2. The summed E-state index contributed by atoms with van der Waals surface area (Å²) in [5.41, 5.74) is 0.543. The van der Waals surface area contributed by atoms with Gasteiger partial charge in [0.25, 0.3) is 0 Å². The molecule has 3 aromatic carbocycles. The molecule has 0 bridgehead atoms. The number of fused-ring (bicyclic) bond motifs is 3. The molecule has 1 saturated heterocycles. The number of aryl methyl sites for hydroxylation is 1. The van der Waals surface area contributed by atoms with Crippen LogP contribution in [-0.2, 0) is 31.6 Å². The Labute approximate surface area is 326 Å². The van der Waals surface area contributed by atoms with Gasteiger partial charge in [-0.15, -0.1) is 12.6 Å². The van der Waals surface area contributed by atoms with Gasteiger partial charge in [-0.3, -0.25) is 3.07 Å². The first kappa shape index (κ1) is 38.1. The highest BCUT2D eigenvalue weighted by molar-refractivity contribution is 14.1. The van der Waals surface area contributed by atoms with Gasteiger partial charge in [0.05, 0.1) is 31.6 Å². The highest BCUT2D eigenvalue weighted by Crippen LogP contribution is 2.73. The molecule has 2 aliphatic heterocycles. The fourth-order valence-corrected chi connectivity index (χ4v) is 9.33. The second-order valence-corrected chi connectivity index (χ2v) is 14.8. The first-order chi connectivity index (χ1) is 24.0. The van der Waals surface area contributed by atoms with Crippen LogP contribution in [0, 0.1) is 12.8 Å². The number of methoxy groups -OCH3 is 1. The molecule has 0 spiro atoms. The van der Waals surface area contributed by atoms with E-state index in [2.05, 4.69) is 19.6 Å². The Morgan fingerprint density at radius 1 is 1.14 bits per heavy atom. The van der Waals surface area contributed by atoms with Gasteiger partial charge in [-0.2, -0.15) is 0 Å². The third kappa shape index (κ3) is 6.27. The van der Waals surface area contributed by atoms with Crippen LogP contribution in [0.25, 0.3) is 0 Å². The smallest absolute Gasteiger partial charge is 0.225 e. The van der Waals surface area contributed by atoms with Gasteiger partial charge in [0.1, 0.15) is 82.1 Å². The van der Waals surface area contributed by atoms with Gasteiger partial charge < -0.3 is 41.8 Å². The average Bonchev–Trinajstić information content (AvgIpc) is 3.56. The topological polar surface area (TPSA) is 122 Å². The van der Waals surface area contributed by atoms with Crippen molar-refractivity contribution in [1.29, 1.82) is 0 Å². The molecule has 6 unspecified atom stereocenters. The number of carbonyl (C=O) groups is 1. The van der Waals surface area contributed by atoms with E-state index in [1.54, 1.807) is 26.5 Å². The van der Waals surface area contributed by atoms with E-state index in [0.717, 1.165) is 23.1 Å². The molecule has 6 rings (SSSR count). The zero-order valence-electron chi connectivity index (χ0n) is 28.1. The minimum Gasteiger partial charge on any atom is -0.496 e. The Bertz CT molecular complexity index is 1670. The molecule has 3 aromatic rings. The van der Waals surface area contributed by atoms with Crippen LogP contribution in [0.1, 0.15) is 48.4 Å². The number of hydrogen-bond acceptors (Lipinski definition) is 11. The van der Waals surface area contributed by atoms with Crippen LogP contribution >= 0.6 is 58.6 Å². The minimum atomic E-state index is -1.48. The largest absolute Gasteiger partial charge is 0.496 e. The molecule has 2 fully saturated rings. The SMILES string of the molecule is CCC(C)[B]C(=O)C1C(OI)[C@@]2(OI)c3c(OC)cc(OC4COCC(S)(C(O)CO)O4)cc3O[C@@]2(c2ccc(C)cc2)[C@@H]1c1ccccc1. The van der Waals surface area contributed by atoms with Crippen molar-refractivity contribution in [3.8, 4) is 17.2 Å². The summed E-state index contributed by atoms with van der Waals surface area (Å²) >= 11 is 8.24. The molecule has 10 nitrogen and oxygen atoms in total.